The van der Waals surface area contributed by atoms with E-state index in [2.05, 4.69) is 10.3 Å². The van der Waals surface area contributed by atoms with Gasteiger partial charge in [-0.05, 0) is 31.6 Å². The van der Waals surface area contributed by atoms with E-state index in [-0.39, 0.29) is 18.0 Å². The predicted molar refractivity (Wildman–Crippen MR) is 96.7 cm³/mol. The number of rotatable bonds is 4. The molecule has 1 atom stereocenters. The molecule has 0 saturated heterocycles. The summed E-state index contributed by atoms with van der Waals surface area (Å²) in [6, 6.07) is 4.59. The monoisotopic (exact) mass is 354 g/mol. The van der Waals surface area contributed by atoms with Crippen LogP contribution in [-0.4, -0.2) is 33.0 Å². The first-order valence-electron chi connectivity index (χ1n) is 8.19. The highest BCUT2D eigenvalue weighted by Gasteiger charge is 2.45. The molecule has 1 unspecified atom stereocenters. The smallest absolute Gasteiger partial charge is 0.274 e. The van der Waals surface area contributed by atoms with Gasteiger partial charge in [0.2, 0.25) is 0 Å². The number of amidine groups is 1. The summed E-state index contributed by atoms with van der Waals surface area (Å²) in [5.41, 5.74) is -0.315. The molecular weight excluding hydrogens is 336 g/mol. The molecule has 0 aromatic heterocycles. The van der Waals surface area contributed by atoms with Crippen molar-refractivity contribution in [3.63, 3.8) is 0 Å². The van der Waals surface area contributed by atoms with Gasteiger partial charge in [0, 0.05) is 23.5 Å². The molecule has 134 valence electrons. The number of hydrogen-bond donors (Lipinski definition) is 1. The number of benzene rings is 1. The number of anilines is 1. The number of nitrogens with zero attached hydrogens (tertiary/aromatic N) is 3. The van der Waals surface area contributed by atoms with E-state index >= 15 is 0 Å². The van der Waals surface area contributed by atoms with Crippen molar-refractivity contribution in [2.75, 3.05) is 5.32 Å². The maximum Gasteiger partial charge on any atom is 0.274 e. The lowest BCUT2D eigenvalue weighted by Crippen LogP contribution is -2.58. The van der Waals surface area contributed by atoms with Gasteiger partial charge in [-0.2, -0.15) is 4.99 Å². The molecule has 1 aromatic rings. The van der Waals surface area contributed by atoms with Gasteiger partial charge in [0.25, 0.3) is 17.5 Å². The van der Waals surface area contributed by atoms with E-state index in [4.69, 9.17) is 0 Å². The van der Waals surface area contributed by atoms with Crippen molar-refractivity contribution in [1.29, 1.82) is 0 Å². The molecule has 2 aliphatic heterocycles. The van der Waals surface area contributed by atoms with Crippen molar-refractivity contribution in [2.24, 2.45) is 4.99 Å². The topological polar surface area (TPSA) is 105 Å². The number of amides is 2. The van der Waals surface area contributed by atoms with Crippen LogP contribution in [0, 0.1) is 10.1 Å². The SMILES string of the molecule is CCc1ccc(NC(=O)C2(C)CC(=O)N=C3C=CC=CN32)cc1[N+](=O)[O-]. The lowest BCUT2D eigenvalue weighted by atomic mass is 9.91. The fraction of sp³-hybridized carbons (Fsp3) is 0.278. The summed E-state index contributed by atoms with van der Waals surface area (Å²) >= 11 is 0. The third-order valence-corrected chi connectivity index (χ3v) is 4.51. The molecule has 0 fully saturated rings. The molecule has 26 heavy (non-hydrogen) atoms. The summed E-state index contributed by atoms with van der Waals surface area (Å²) in [6.45, 7) is 3.47. The molecule has 3 rings (SSSR count). The lowest BCUT2D eigenvalue weighted by Gasteiger charge is -2.41. The Bertz CT molecular complexity index is 887. The number of nitrogens with one attached hydrogen (secondary N) is 1. The summed E-state index contributed by atoms with van der Waals surface area (Å²) in [6.07, 6.45) is 7.26. The summed E-state index contributed by atoms with van der Waals surface area (Å²) in [5.74, 6) is -0.424. The number of hydrogen-bond acceptors (Lipinski definition) is 5. The van der Waals surface area contributed by atoms with Crippen LogP contribution in [0.1, 0.15) is 25.8 Å². The minimum absolute atomic E-state index is 0.0433. The zero-order valence-electron chi connectivity index (χ0n) is 14.4. The summed E-state index contributed by atoms with van der Waals surface area (Å²) in [4.78, 5) is 41.2. The maximum absolute atomic E-state index is 12.9. The van der Waals surface area contributed by atoms with Gasteiger partial charge >= 0.3 is 0 Å². The first-order chi connectivity index (χ1) is 12.3. The molecule has 1 aromatic carbocycles. The standard InChI is InChI=1S/C18H18N4O4/c1-3-12-7-8-13(10-14(12)22(25)26)19-17(24)18(2)11-16(23)20-15-6-4-5-9-21(15)18/h4-10H,3,11H2,1-2H3,(H,19,24). The van der Waals surface area contributed by atoms with E-state index in [1.807, 2.05) is 6.92 Å². The van der Waals surface area contributed by atoms with Crippen LogP contribution in [0.25, 0.3) is 0 Å². The number of fused-ring (bicyclic) bond motifs is 1. The first kappa shape index (κ1) is 17.5. The Balaban J connectivity index is 1.90. The average molecular weight is 354 g/mol. The van der Waals surface area contributed by atoms with Crippen LogP contribution in [0.3, 0.4) is 0 Å². The number of nitro groups is 1. The summed E-state index contributed by atoms with van der Waals surface area (Å²) < 4.78 is 0. The van der Waals surface area contributed by atoms with Crippen LogP contribution in [0.2, 0.25) is 0 Å². The molecule has 1 N–H and O–H groups in total. The van der Waals surface area contributed by atoms with E-state index in [9.17, 15) is 19.7 Å². The molecule has 2 heterocycles. The van der Waals surface area contributed by atoms with Gasteiger partial charge < -0.3 is 10.2 Å². The van der Waals surface area contributed by atoms with Crippen molar-refractivity contribution >= 4 is 29.0 Å². The fourth-order valence-corrected chi connectivity index (χ4v) is 3.06. The van der Waals surface area contributed by atoms with Crippen LogP contribution < -0.4 is 5.32 Å². The average Bonchev–Trinajstić information content (AvgIpc) is 2.61. The zero-order valence-corrected chi connectivity index (χ0v) is 14.4. The Morgan fingerprint density at radius 1 is 1.42 bits per heavy atom. The molecule has 0 saturated carbocycles. The van der Waals surface area contributed by atoms with Gasteiger partial charge in [0.05, 0.1) is 11.3 Å². The van der Waals surface area contributed by atoms with E-state index in [0.29, 0.717) is 23.5 Å². The van der Waals surface area contributed by atoms with Gasteiger partial charge in [-0.15, -0.1) is 0 Å². The minimum atomic E-state index is -1.17. The van der Waals surface area contributed by atoms with Gasteiger partial charge in [-0.1, -0.05) is 19.1 Å². The molecule has 0 aliphatic carbocycles. The normalized spacial score (nSPS) is 21.2. The number of allylic oxidation sites excluding steroid dienone is 2. The molecule has 0 radical (unpaired) electrons. The lowest BCUT2D eigenvalue weighted by molar-refractivity contribution is -0.385. The molecule has 0 bridgehead atoms. The third-order valence-electron chi connectivity index (χ3n) is 4.51. The summed E-state index contributed by atoms with van der Waals surface area (Å²) in [5, 5.41) is 13.9. The Morgan fingerprint density at radius 3 is 2.88 bits per heavy atom. The number of aryl methyl sites for hydroxylation is 1. The first-order valence-corrected chi connectivity index (χ1v) is 8.19. The van der Waals surface area contributed by atoms with Crippen molar-refractivity contribution in [2.45, 2.75) is 32.2 Å². The molecule has 8 heteroatoms. The van der Waals surface area contributed by atoms with Crippen LogP contribution in [-0.2, 0) is 16.0 Å². The number of carbonyl (C=O) groups is 2. The Hall–Kier alpha value is -3.29. The second-order valence-electron chi connectivity index (χ2n) is 6.29. The van der Waals surface area contributed by atoms with Gasteiger partial charge in [-0.3, -0.25) is 19.7 Å². The quantitative estimate of drug-likeness (QED) is 0.661. The molecular formula is C18H18N4O4. The minimum Gasteiger partial charge on any atom is -0.324 e. The number of nitro benzene ring substituents is 1. The Morgan fingerprint density at radius 2 is 2.19 bits per heavy atom. The largest absolute Gasteiger partial charge is 0.324 e. The molecule has 2 amide bonds. The summed E-state index contributed by atoms with van der Waals surface area (Å²) in [7, 11) is 0. The van der Waals surface area contributed by atoms with Crippen molar-refractivity contribution in [1.82, 2.24) is 4.90 Å². The highest BCUT2D eigenvalue weighted by molar-refractivity contribution is 6.11. The van der Waals surface area contributed by atoms with Crippen LogP contribution >= 0.6 is 0 Å². The predicted octanol–water partition coefficient (Wildman–Crippen LogP) is 2.57. The third kappa shape index (κ3) is 3.01. The van der Waals surface area contributed by atoms with E-state index in [1.165, 1.54) is 6.07 Å². The highest BCUT2D eigenvalue weighted by atomic mass is 16.6. The Kier molecular flexibility index (Phi) is 4.41. The zero-order chi connectivity index (χ0) is 18.9. The second kappa shape index (κ2) is 6.55. The number of carbonyl (C=O) groups excluding carboxylic acids is 2. The molecule has 8 nitrogen and oxygen atoms in total. The fourth-order valence-electron chi connectivity index (χ4n) is 3.06. The van der Waals surface area contributed by atoms with Crippen LogP contribution in [0.5, 0.6) is 0 Å². The molecule has 0 spiro atoms. The van der Waals surface area contributed by atoms with Crippen LogP contribution in [0.15, 0.2) is 47.6 Å². The van der Waals surface area contributed by atoms with E-state index in [1.54, 1.807) is 48.4 Å². The number of aliphatic imine (C=N–C) groups is 1. The Labute approximate surface area is 150 Å². The van der Waals surface area contributed by atoms with Gasteiger partial charge in [-0.25, -0.2) is 0 Å². The second-order valence-corrected chi connectivity index (χ2v) is 6.29. The highest BCUT2D eigenvalue weighted by Crippen LogP contribution is 2.30. The van der Waals surface area contributed by atoms with E-state index in [0.717, 1.165) is 0 Å². The van der Waals surface area contributed by atoms with Gasteiger partial charge in [0.1, 0.15) is 11.4 Å². The van der Waals surface area contributed by atoms with Crippen molar-refractivity contribution in [3.05, 3.63) is 58.3 Å². The van der Waals surface area contributed by atoms with Gasteiger partial charge in [0.15, 0.2) is 0 Å². The van der Waals surface area contributed by atoms with Crippen molar-refractivity contribution < 1.29 is 14.5 Å². The van der Waals surface area contributed by atoms with Crippen molar-refractivity contribution in [3.8, 4) is 0 Å². The maximum atomic E-state index is 12.9. The van der Waals surface area contributed by atoms with Crippen LogP contribution in [0.4, 0.5) is 11.4 Å². The molecule has 2 aliphatic rings. The van der Waals surface area contributed by atoms with E-state index < -0.39 is 16.4 Å².